The summed E-state index contributed by atoms with van der Waals surface area (Å²) in [5, 5.41) is 8.63. The number of aryl methyl sites for hydroxylation is 1. The number of hydrogen-bond acceptors (Lipinski definition) is 6. The van der Waals surface area contributed by atoms with Gasteiger partial charge in [-0.1, -0.05) is 6.07 Å². The normalized spacial score (nSPS) is 12.3. The van der Waals surface area contributed by atoms with Gasteiger partial charge in [0.1, 0.15) is 0 Å². The number of alkyl halides is 3. The lowest BCUT2D eigenvalue weighted by Crippen LogP contribution is -2.28. The number of carbonyl (C=O) groups is 1. The van der Waals surface area contributed by atoms with E-state index in [2.05, 4.69) is 4.18 Å². The maximum absolute atomic E-state index is 15.2. The Kier molecular flexibility index (Phi) is 5.94. The minimum atomic E-state index is -6.57. The molecule has 0 radical (unpaired) electrons. The fourth-order valence-corrected chi connectivity index (χ4v) is 4.00. The molecule has 2 aromatic rings. The molecule has 0 atom stereocenters. The molecule has 0 amide bonds. The van der Waals surface area contributed by atoms with Gasteiger partial charge < -0.3 is 13.7 Å². The first-order valence-electron chi connectivity index (χ1n) is 9.66. The number of fused-ring (bicyclic) bond motifs is 2. The molecule has 0 saturated carbocycles. The van der Waals surface area contributed by atoms with Gasteiger partial charge in [-0.15, -0.1) is 0 Å². The highest BCUT2D eigenvalue weighted by Crippen LogP contribution is 2.45. The molecule has 194 valence electrons. The molecular weight excluding hydrogens is 541 g/mol. The second-order valence-corrected chi connectivity index (χ2v) is 9.09. The van der Waals surface area contributed by atoms with E-state index >= 15 is 4.39 Å². The van der Waals surface area contributed by atoms with E-state index < -0.39 is 83.9 Å². The van der Waals surface area contributed by atoms with Crippen molar-refractivity contribution in [3.05, 3.63) is 75.0 Å². The van der Waals surface area contributed by atoms with E-state index in [0.717, 1.165) is 12.1 Å². The van der Waals surface area contributed by atoms with Gasteiger partial charge in [0, 0.05) is 16.5 Å². The van der Waals surface area contributed by atoms with Crippen LogP contribution < -0.4 is 9.61 Å². The van der Waals surface area contributed by atoms with Crippen LogP contribution in [0.1, 0.15) is 15.9 Å². The summed E-state index contributed by atoms with van der Waals surface area (Å²) in [5.41, 5.74) is -10.6. The van der Waals surface area contributed by atoms with Crippen LogP contribution in [0, 0.1) is 30.2 Å². The predicted molar refractivity (Wildman–Crippen MR) is 112 cm³/mol. The summed E-state index contributed by atoms with van der Waals surface area (Å²) in [4.78, 5) is 23.3. The molecule has 0 spiro atoms. The van der Waals surface area contributed by atoms with Crippen molar-refractivity contribution in [2.24, 2.45) is 0 Å². The summed E-state index contributed by atoms with van der Waals surface area (Å²) in [6.45, 7) is 1.39. The zero-order valence-electron chi connectivity index (χ0n) is 17.8. The summed E-state index contributed by atoms with van der Waals surface area (Å²) in [6, 6.07) is 4.09. The fourth-order valence-electron chi connectivity index (χ4n) is 3.53. The van der Waals surface area contributed by atoms with Gasteiger partial charge in [0.2, 0.25) is 17.4 Å². The number of rotatable bonds is 4. The smallest absolute Gasteiger partial charge is 0.478 e. The maximum atomic E-state index is 15.2. The zero-order chi connectivity index (χ0) is 27.6. The molecule has 0 bridgehead atoms. The van der Waals surface area contributed by atoms with Crippen LogP contribution in [0.4, 0.5) is 30.7 Å². The van der Waals surface area contributed by atoms with E-state index in [9.17, 15) is 49.5 Å². The van der Waals surface area contributed by atoms with Gasteiger partial charge in [-0.3, -0.25) is 4.79 Å². The van der Waals surface area contributed by atoms with Crippen LogP contribution in [0.2, 0.25) is 0 Å². The van der Waals surface area contributed by atoms with E-state index in [0.29, 0.717) is 6.07 Å². The third kappa shape index (κ3) is 4.14. The molecule has 4 rings (SSSR count). The van der Waals surface area contributed by atoms with Crippen molar-refractivity contribution in [1.29, 1.82) is 0 Å². The SMILES string of the molecule is Cc1ccc(C(=O)O)cc1-c1c2cc(F)c(=O)c(F)c-2oc2c(F)c(OS(=O)(=O)C(F)(F)F)c(F)cc12. The number of carboxylic acids is 1. The van der Waals surface area contributed by atoms with Crippen LogP contribution in [0.15, 0.2) is 39.5 Å². The summed E-state index contributed by atoms with van der Waals surface area (Å²) in [6.07, 6.45) is 0. The number of carboxylic acid groups (broad SMARTS) is 1. The first-order valence-corrected chi connectivity index (χ1v) is 11.1. The highest BCUT2D eigenvalue weighted by atomic mass is 32.2. The van der Waals surface area contributed by atoms with Crippen LogP contribution in [-0.2, 0) is 10.1 Å². The second kappa shape index (κ2) is 8.47. The molecular formula is C22H9F7O7S. The van der Waals surface area contributed by atoms with Crippen LogP contribution in [0.5, 0.6) is 5.75 Å². The van der Waals surface area contributed by atoms with Crippen LogP contribution >= 0.6 is 0 Å². The number of halogens is 7. The molecule has 2 aromatic carbocycles. The molecule has 0 fully saturated rings. The van der Waals surface area contributed by atoms with Crippen LogP contribution in [-0.4, -0.2) is 25.0 Å². The van der Waals surface area contributed by atoms with Crippen molar-refractivity contribution >= 4 is 27.1 Å². The van der Waals surface area contributed by atoms with Gasteiger partial charge in [0.15, 0.2) is 23.0 Å². The average molecular weight is 550 g/mol. The van der Waals surface area contributed by atoms with Crippen molar-refractivity contribution in [1.82, 2.24) is 0 Å². The van der Waals surface area contributed by atoms with Gasteiger partial charge in [-0.2, -0.15) is 30.4 Å². The van der Waals surface area contributed by atoms with Gasteiger partial charge in [0.25, 0.3) is 5.43 Å². The van der Waals surface area contributed by atoms with Crippen molar-refractivity contribution in [3.63, 3.8) is 0 Å². The Morgan fingerprint density at radius 1 is 0.973 bits per heavy atom. The van der Waals surface area contributed by atoms with Gasteiger partial charge in [-0.05, 0) is 42.3 Å². The minimum absolute atomic E-state index is 0.168. The van der Waals surface area contributed by atoms with Crippen molar-refractivity contribution < 1.29 is 57.7 Å². The summed E-state index contributed by atoms with van der Waals surface area (Å²) in [5.74, 6) is -12.4. The van der Waals surface area contributed by atoms with E-state index in [1.807, 2.05) is 0 Å². The Labute approximate surface area is 200 Å². The summed E-state index contributed by atoms with van der Waals surface area (Å²) < 4.78 is 128. The summed E-state index contributed by atoms with van der Waals surface area (Å²) >= 11 is 0. The predicted octanol–water partition coefficient (Wildman–Crippen LogP) is 5.36. The monoisotopic (exact) mass is 550 g/mol. The van der Waals surface area contributed by atoms with Crippen LogP contribution in [0.3, 0.4) is 0 Å². The zero-order valence-corrected chi connectivity index (χ0v) is 18.7. The topological polar surface area (TPSA) is 111 Å². The summed E-state index contributed by atoms with van der Waals surface area (Å²) in [7, 11) is -6.57. The van der Waals surface area contributed by atoms with Gasteiger partial charge in [0.05, 0.1) is 5.56 Å². The molecule has 0 aromatic heterocycles. The Morgan fingerprint density at radius 3 is 2.22 bits per heavy atom. The number of benzene rings is 3. The van der Waals surface area contributed by atoms with E-state index in [1.165, 1.54) is 13.0 Å². The third-order valence-electron chi connectivity index (χ3n) is 5.24. The average Bonchev–Trinajstić information content (AvgIpc) is 2.79. The largest absolute Gasteiger partial charge is 0.534 e. The van der Waals surface area contributed by atoms with E-state index in [-0.39, 0.29) is 22.8 Å². The lowest BCUT2D eigenvalue weighted by atomic mass is 9.89. The fraction of sp³-hybridized carbons (Fsp3) is 0.0909. The van der Waals surface area contributed by atoms with Crippen molar-refractivity contribution in [3.8, 4) is 28.2 Å². The molecule has 2 aliphatic rings. The lowest BCUT2D eigenvalue weighted by molar-refractivity contribution is -0.0501. The van der Waals surface area contributed by atoms with Gasteiger partial charge >= 0.3 is 21.6 Å². The molecule has 15 heteroatoms. The highest BCUT2D eigenvalue weighted by molar-refractivity contribution is 7.88. The van der Waals surface area contributed by atoms with Crippen molar-refractivity contribution in [2.45, 2.75) is 12.4 Å². The number of aromatic carboxylic acids is 1. The molecule has 7 nitrogen and oxygen atoms in total. The first-order chi connectivity index (χ1) is 17.0. The standard InChI is InChI=1S/C22H9F7O7S/c1-7-2-3-8(21(31)32)4-9(7)14-10-5-12(23)17(30)15(25)18(10)35-19-11(14)6-13(24)20(16(19)26)36-37(33,34)22(27,28)29/h2-6H,1H3,(H,31,32). The Bertz CT molecular complexity index is 1760. The quantitative estimate of drug-likeness (QED) is 0.158. The minimum Gasteiger partial charge on any atom is -0.478 e. The van der Waals surface area contributed by atoms with Crippen LogP contribution in [0.25, 0.3) is 33.4 Å². The Hall–Kier alpha value is -4.14. The van der Waals surface area contributed by atoms with E-state index in [4.69, 9.17) is 4.42 Å². The van der Waals surface area contributed by atoms with Crippen molar-refractivity contribution in [2.75, 3.05) is 0 Å². The Morgan fingerprint density at radius 2 is 1.62 bits per heavy atom. The number of hydrogen-bond donors (Lipinski definition) is 1. The first kappa shape index (κ1) is 25.9. The molecule has 1 aliphatic heterocycles. The third-order valence-corrected chi connectivity index (χ3v) is 6.19. The molecule has 1 N–H and O–H groups in total. The second-order valence-electron chi connectivity index (χ2n) is 7.55. The lowest BCUT2D eigenvalue weighted by Gasteiger charge is -2.19. The molecule has 0 unspecified atom stereocenters. The molecule has 1 heterocycles. The maximum Gasteiger partial charge on any atom is 0.534 e. The molecule has 0 saturated heterocycles. The Balaban J connectivity index is 2.21. The molecule has 1 aliphatic carbocycles. The van der Waals surface area contributed by atoms with E-state index in [1.54, 1.807) is 0 Å². The molecule has 37 heavy (non-hydrogen) atoms. The van der Waals surface area contributed by atoms with Gasteiger partial charge in [-0.25, -0.2) is 13.6 Å². The highest BCUT2D eigenvalue weighted by Gasteiger charge is 2.49.